The highest BCUT2D eigenvalue weighted by Crippen LogP contribution is 2.31. The Morgan fingerprint density at radius 3 is 2.25 bits per heavy atom. The Morgan fingerprint density at radius 2 is 1.75 bits per heavy atom. The van der Waals surface area contributed by atoms with Crippen LogP contribution in [0.3, 0.4) is 0 Å². The number of phenols is 1. The molecule has 1 rings (SSSR count). The summed E-state index contributed by atoms with van der Waals surface area (Å²) in [7, 11) is 0. The topological polar surface area (TPSA) is 134 Å². The lowest BCUT2D eigenvalue weighted by Gasteiger charge is -2.43. The number of rotatable bonds is 10. The van der Waals surface area contributed by atoms with Gasteiger partial charge < -0.3 is 30.1 Å². The van der Waals surface area contributed by atoms with Crippen LogP contribution in [-0.4, -0.2) is 70.0 Å². The molecule has 1 aromatic rings. The largest absolute Gasteiger partial charge is 0.508 e. The molecule has 202 valence electrons. The number of nitrogens with one attached hydrogen (secondary N) is 2. The Kier molecular flexibility index (Phi) is 11.6. The minimum absolute atomic E-state index is 0.00862. The number of carbonyl (C=O) groups excluding carboxylic acids is 4. The van der Waals surface area contributed by atoms with Crippen LogP contribution in [0.4, 0.5) is 4.79 Å². The van der Waals surface area contributed by atoms with Crippen molar-refractivity contribution < 1.29 is 33.8 Å². The van der Waals surface area contributed by atoms with Crippen molar-refractivity contribution in [1.82, 2.24) is 15.5 Å². The van der Waals surface area contributed by atoms with Crippen LogP contribution in [0.15, 0.2) is 24.3 Å². The highest BCUT2D eigenvalue weighted by Gasteiger charge is 2.41. The smallest absolute Gasteiger partial charge is 0.408 e. The number of amides is 3. The van der Waals surface area contributed by atoms with Gasteiger partial charge in [-0.2, -0.15) is 12.6 Å². The number of hydrogen-bond donors (Lipinski definition) is 4. The van der Waals surface area contributed by atoms with Crippen LogP contribution >= 0.6 is 12.6 Å². The summed E-state index contributed by atoms with van der Waals surface area (Å²) in [4.78, 5) is 52.7. The zero-order valence-corrected chi connectivity index (χ0v) is 23.0. The van der Waals surface area contributed by atoms with Crippen LogP contribution in [-0.2, 0) is 23.9 Å². The predicted octanol–water partition coefficient (Wildman–Crippen LogP) is 2.95. The van der Waals surface area contributed by atoms with Crippen molar-refractivity contribution in [1.29, 1.82) is 0 Å². The van der Waals surface area contributed by atoms with E-state index in [2.05, 4.69) is 23.3 Å². The van der Waals surface area contributed by atoms with Crippen molar-refractivity contribution in [3.05, 3.63) is 29.8 Å². The molecule has 1 aromatic carbocycles. The lowest BCUT2D eigenvalue weighted by Crippen LogP contribution is -2.59. The van der Waals surface area contributed by atoms with Gasteiger partial charge in [0.2, 0.25) is 11.8 Å². The first-order valence-electron chi connectivity index (χ1n) is 11.8. The van der Waals surface area contributed by atoms with E-state index in [1.807, 2.05) is 0 Å². The lowest BCUT2D eigenvalue weighted by atomic mass is 9.95. The number of alkyl carbamates (subject to hydrolysis) is 1. The zero-order valence-electron chi connectivity index (χ0n) is 22.1. The number of hydrogen-bond acceptors (Lipinski definition) is 8. The van der Waals surface area contributed by atoms with E-state index in [9.17, 15) is 24.3 Å². The number of aromatic hydroxyl groups is 1. The van der Waals surface area contributed by atoms with Crippen LogP contribution in [0.2, 0.25) is 0 Å². The molecule has 2 unspecified atom stereocenters. The van der Waals surface area contributed by atoms with Gasteiger partial charge in [0.15, 0.2) is 0 Å². The molecule has 10 nitrogen and oxygen atoms in total. The molecule has 2 atom stereocenters. The van der Waals surface area contributed by atoms with E-state index in [4.69, 9.17) is 9.47 Å². The molecule has 0 heterocycles. The summed E-state index contributed by atoms with van der Waals surface area (Å²) in [5.74, 6) is -1.74. The van der Waals surface area contributed by atoms with E-state index in [1.54, 1.807) is 60.6 Å². The van der Waals surface area contributed by atoms with Gasteiger partial charge in [-0.1, -0.05) is 12.1 Å². The molecule has 3 amide bonds. The van der Waals surface area contributed by atoms with Gasteiger partial charge in [-0.05, 0) is 66.2 Å². The Hall–Kier alpha value is -2.95. The van der Waals surface area contributed by atoms with E-state index < -0.39 is 47.1 Å². The van der Waals surface area contributed by atoms with E-state index in [0.29, 0.717) is 5.56 Å². The molecule has 0 bridgehead atoms. The van der Waals surface area contributed by atoms with Crippen LogP contribution < -0.4 is 10.6 Å². The second-order valence-corrected chi connectivity index (χ2v) is 10.5. The SMILES string of the molecule is CCOC(=O)CCNC(=O)C(c1cccc(O)c1)N(C(=O)C(CS)NC(=O)OC(C)(C)C)C(C)(C)C. The average molecular weight is 526 g/mol. The molecule has 0 aliphatic rings. The van der Waals surface area contributed by atoms with E-state index in [-0.39, 0.29) is 31.1 Å². The van der Waals surface area contributed by atoms with Gasteiger partial charge in [-0.25, -0.2) is 4.79 Å². The maximum atomic E-state index is 13.8. The van der Waals surface area contributed by atoms with Crippen molar-refractivity contribution in [3.63, 3.8) is 0 Å². The van der Waals surface area contributed by atoms with Gasteiger partial charge in [0.25, 0.3) is 0 Å². The minimum atomic E-state index is -1.19. The summed E-state index contributed by atoms with van der Waals surface area (Å²) >= 11 is 4.24. The standard InChI is InChI=1S/C25H39N3O7S/c1-8-34-19(30)12-13-26-21(31)20(16-10-9-11-17(29)14-16)28(24(2,3)4)22(32)18(15-36)27-23(33)35-25(5,6)7/h9-11,14,18,20,29,36H,8,12-13,15H2,1-7H3,(H,26,31)(H,27,33). The monoisotopic (exact) mass is 525 g/mol. The number of esters is 1. The molecule has 36 heavy (non-hydrogen) atoms. The van der Waals surface area contributed by atoms with Gasteiger partial charge in [-0.3, -0.25) is 14.4 Å². The minimum Gasteiger partial charge on any atom is -0.508 e. The summed E-state index contributed by atoms with van der Waals surface area (Å²) in [5, 5.41) is 15.3. The van der Waals surface area contributed by atoms with Crippen LogP contribution in [0.25, 0.3) is 0 Å². The molecule has 0 fully saturated rings. The van der Waals surface area contributed by atoms with Crippen LogP contribution in [0, 0.1) is 0 Å². The van der Waals surface area contributed by atoms with Crippen molar-refractivity contribution >= 4 is 36.5 Å². The number of thiol groups is 1. The maximum absolute atomic E-state index is 13.8. The Bertz CT molecular complexity index is 925. The fourth-order valence-electron chi connectivity index (χ4n) is 3.38. The van der Waals surface area contributed by atoms with Crippen molar-refractivity contribution in [2.24, 2.45) is 0 Å². The maximum Gasteiger partial charge on any atom is 0.408 e. The van der Waals surface area contributed by atoms with Gasteiger partial charge in [0.05, 0.1) is 13.0 Å². The number of ether oxygens (including phenoxy) is 2. The van der Waals surface area contributed by atoms with Crippen molar-refractivity contribution in [2.45, 2.75) is 78.1 Å². The number of phenolic OH excluding ortho intramolecular Hbond substituents is 1. The summed E-state index contributed by atoms with van der Waals surface area (Å²) < 4.78 is 10.2. The molecule has 0 aliphatic heterocycles. The summed E-state index contributed by atoms with van der Waals surface area (Å²) in [5.41, 5.74) is -1.33. The van der Waals surface area contributed by atoms with Gasteiger partial charge >= 0.3 is 12.1 Å². The third-order valence-electron chi connectivity index (χ3n) is 4.76. The van der Waals surface area contributed by atoms with Crippen molar-refractivity contribution in [2.75, 3.05) is 18.9 Å². The summed E-state index contributed by atoms with van der Waals surface area (Å²) in [6.45, 7) is 12.2. The highest BCUT2D eigenvalue weighted by molar-refractivity contribution is 7.80. The molecular weight excluding hydrogens is 486 g/mol. The first kappa shape index (κ1) is 31.1. The number of nitrogens with zero attached hydrogens (tertiary/aromatic N) is 1. The van der Waals surface area contributed by atoms with Crippen molar-refractivity contribution in [3.8, 4) is 5.75 Å². The first-order valence-corrected chi connectivity index (χ1v) is 12.4. The van der Waals surface area contributed by atoms with Gasteiger partial charge in [-0.15, -0.1) is 0 Å². The molecule has 0 saturated heterocycles. The first-order chi connectivity index (χ1) is 16.6. The third kappa shape index (κ3) is 9.96. The number of benzene rings is 1. The van der Waals surface area contributed by atoms with E-state index >= 15 is 0 Å². The molecule has 0 aliphatic carbocycles. The molecule has 0 spiro atoms. The summed E-state index contributed by atoms with van der Waals surface area (Å²) in [6.07, 6.45) is -0.841. The molecule has 0 aromatic heterocycles. The fraction of sp³-hybridized carbons (Fsp3) is 0.600. The third-order valence-corrected chi connectivity index (χ3v) is 5.12. The Balaban J connectivity index is 3.37. The molecular formula is C25H39N3O7S. The highest BCUT2D eigenvalue weighted by atomic mass is 32.1. The molecule has 0 saturated carbocycles. The molecule has 11 heteroatoms. The molecule has 3 N–H and O–H groups in total. The van der Waals surface area contributed by atoms with Gasteiger partial charge in [0.1, 0.15) is 23.4 Å². The Morgan fingerprint density at radius 1 is 1.11 bits per heavy atom. The van der Waals surface area contributed by atoms with E-state index in [1.165, 1.54) is 17.0 Å². The fourth-order valence-corrected chi connectivity index (χ4v) is 3.63. The summed E-state index contributed by atoms with van der Waals surface area (Å²) in [6, 6.07) is 3.72. The molecule has 0 radical (unpaired) electrons. The number of carbonyl (C=O) groups is 4. The van der Waals surface area contributed by atoms with Crippen LogP contribution in [0.5, 0.6) is 5.75 Å². The Labute approximate surface area is 218 Å². The predicted molar refractivity (Wildman–Crippen MR) is 139 cm³/mol. The van der Waals surface area contributed by atoms with E-state index in [0.717, 1.165) is 0 Å². The second-order valence-electron chi connectivity index (χ2n) is 10.1. The van der Waals surface area contributed by atoms with Gasteiger partial charge in [0, 0.05) is 17.8 Å². The normalized spacial score (nSPS) is 13.2. The van der Waals surface area contributed by atoms with Crippen LogP contribution in [0.1, 0.15) is 66.5 Å². The lowest BCUT2D eigenvalue weighted by molar-refractivity contribution is -0.148. The quantitative estimate of drug-likeness (QED) is 0.273. The average Bonchev–Trinajstić information content (AvgIpc) is 2.73. The second kappa shape index (κ2) is 13.4. The zero-order chi connectivity index (χ0) is 27.7.